The Labute approximate surface area is 213 Å². The van der Waals surface area contributed by atoms with Crippen LogP contribution >= 0.6 is 31.9 Å². The molecule has 0 bridgehead atoms. The Morgan fingerprint density at radius 2 is 1.47 bits per heavy atom. The highest BCUT2D eigenvalue weighted by atomic mass is 79.9. The zero-order valence-electron chi connectivity index (χ0n) is 17.7. The molecule has 4 aromatic rings. The number of hydrazine groups is 1. The van der Waals surface area contributed by atoms with Crippen LogP contribution in [-0.2, 0) is 4.79 Å². The molecule has 4 rings (SSSR count). The molecular formula is C25H19Br2N5O2. The van der Waals surface area contributed by atoms with Crippen molar-refractivity contribution >= 4 is 55.6 Å². The van der Waals surface area contributed by atoms with Crippen LogP contribution in [0.5, 0.6) is 0 Å². The van der Waals surface area contributed by atoms with Crippen molar-refractivity contribution in [3.8, 4) is 16.9 Å². The minimum atomic E-state index is -0.559. The third kappa shape index (κ3) is 6.21. The van der Waals surface area contributed by atoms with E-state index in [9.17, 15) is 9.59 Å². The highest BCUT2D eigenvalue weighted by molar-refractivity contribution is 9.10. The molecule has 0 atom stereocenters. The molecule has 9 heteroatoms. The minimum Gasteiger partial charge on any atom is -0.307 e. The molecule has 7 nitrogen and oxygen atoms in total. The quantitative estimate of drug-likeness (QED) is 0.202. The molecule has 0 radical (unpaired) electrons. The van der Waals surface area contributed by atoms with Crippen molar-refractivity contribution in [2.45, 2.75) is 0 Å². The molecule has 3 amide bonds. The maximum Gasteiger partial charge on any atom is 0.337 e. The molecule has 3 N–H and O–H groups in total. The van der Waals surface area contributed by atoms with E-state index in [0.717, 1.165) is 31.5 Å². The first kappa shape index (κ1) is 23.5. The Bertz CT molecular complexity index is 1320. The van der Waals surface area contributed by atoms with Gasteiger partial charge < -0.3 is 5.32 Å². The number of benzene rings is 3. The van der Waals surface area contributed by atoms with Crippen molar-refractivity contribution < 1.29 is 9.59 Å². The summed E-state index contributed by atoms with van der Waals surface area (Å²) < 4.78 is 3.62. The van der Waals surface area contributed by atoms with Crippen LogP contribution in [0.15, 0.2) is 100 Å². The zero-order chi connectivity index (χ0) is 23.9. The van der Waals surface area contributed by atoms with Gasteiger partial charge in [-0.05, 0) is 54.6 Å². The molecule has 34 heavy (non-hydrogen) atoms. The van der Waals surface area contributed by atoms with Crippen LogP contribution in [0.2, 0.25) is 0 Å². The summed E-state index contributed by atoms with van der Waals surface area (Å²) >= 11 is 6.78. The van der Waals surface area contributed by atoms with Gasteiger partial charge in [0.1, 0.15) is 0 Å². The number of urea groups is 1. The van der Waals surface area contributed by atoms with Crippen LogP contribution in [0.1, 0.15) is 5.56 Å². The van der Waals surface area contributed by atoms with Gasteiger partial charge in [0.15, 0.2) is 0 Å². The molecule has 1 heterocycles. The molecule has 0 saturated heterocycles. The molecule has 0 aliphatic carbocycles. The van der Waals surface area contributed by atoms with E-state index in [4.69, 9.17) is 5.10 Å². The average molecular weight is 581 g/mol. The SMILES string of the molecule is O=C(/C=C/c1cn(-c2ccccc2)nc1-c1ccc(Br)cc1)NNC(=O)Nc1ccc(Br)cc1. The van der Waals surface area contributed by atoms with Crippen molar-refractivity contribution in [1.82, 2.24) is 20.6 Å². The number of carbonyl (C=O) groups excluding carboxylic acids is 2. The average Bonchev–Trinajstić information content (AvgIpc) is 3.28. The number of anilines is 1. The monoisotopic (exact) mass is 579 g/mol. The third-order valence-corrected chi connectivity index (χ3v) is 5.75. The minimum absolute atomic E-state index is 0.486. The number of carbonyl (C=O) groups is 2. The van der Waals surface area contributed by atoms with Gasteiger partial charge in [0.2, 0.25) is 0 Å². The summed E-state index contributed by atoms with van der Waals surface area (Å²) in [5.41, 5.74) is 8.56. The van der Waals surface area contributed by atoms with Crippen LogP contribution in [0.4, 0.5) is 10.5 Å². The molecule has 0 unspecified atom stereocenters. The Balaban J connectivity index is 1.47. The topological polar surface area (TPSA) is 88.1 Å². The van der Waals surface area contributed by atoms with Crippen molar-refractivity contribution in [2.24, 2.45) is 0 Å². The number of aromatic nitrogens is 2. The van der Waals surface area contributed by atoms with Gasteiger partial charge in [-0.2, -0.15) is 5.10 Å². The number of rotatable bonds is 5. The van der Waals surface area contributed by atoms with E-state index < -0.39 is 11.9 Å². The van der Waals surface area contributed by atoms with E-state index in [1.165, 1.54) is 6.08 Å². The molecule has 0 aliphatic heterocycles. The van der Waals surface area contributed by atoms with E-state index >= 15 is 0 Å². The molecule has 0 aliphatic rings. The van der Waals surface area contributed by atoms with E-state index in [2.05, 4.69) is 48.0 Å². The highest BCUT2D eigenvalue weighted by Gasteiger charge is 2.11. The molecule has 1 aromatic heterocycles. The summed E-state index contributed by atoms with van der Waals surface area (Å²) in [6, 6.07) is 24.0. The van der Waals surface area contributed by atoms with Crippen molar-refractivity contribution in [3.05, 3.63) is 106 Å². The predicted octanol–water partition coefficient (Wildman–Crippen LogP) is 5.93. The summed E-state index contributed by atoms with van der Waals surface area (Å²) in [7, 11) is 0. The summed E-state index contributed by atoms with van der Waals surface area (Å²) in [5.74, 6) is -0.486. The Morgan fingerprint density at radius 1 is 0.824 bits per heavy atom. The van der Waals surface area contributed by atoms with Crippen molar-refractivity contribution in [3.63, 3.8) is 0 Å². The van der Waals surface area contributed by atoms with Crippen LogP contribution in [-0.4, -0.2) is 21.7 Å². The first-order chi connectivity index (χ1) is 16.5. The smallest absolute Gasteiger partial charge is 0.307 e. The Kier molecular flexibility index (Phi) is 7.56. The number of para-hydroxylation sites is 1. The normalized spacial score (nSPS) is 10.8. The van der Waals surface area contributed by atoms with Gasteiger partial charge in [0, 0.05) is 38.0 Å². The number of halogens is 2. The van der Waals surface area contributed by atoms with Gasteiger partial charge in [-0.25, -0.2) is 14.9 Å². The lowest BCUT2D eigenvalue weighted by Crippen LogP contribution is -2.43. The molecule has 0 fully saturated rings. The number of hydrogen-bond donors (Lipinski definition) is 3. The lowest BCUT2D eigenvalue weighted by atomic mass is 10.1. The van der Waals surface area contributed by atoms with E-state index in [0.29, 0.717) is 5.69 Å². The standard InChI is InChI=1S/C25H19Br2N5O2/c26-19-9-6-17(7-10-19)24-18(16-32(31-24)22-4-2-1-3-5-22)8-15-23(33)29-30-25(34)28-21-13-11-20(27)12-14-21/h1-16H,(H,29,33)(H2,28,30,34)/b15-8+. The van der Waals surface area contributed by atoms with Crippen LogP contribution in [0.25, 0.3) is 23.0 Å². The van der Waals surface area contributed by atoms with Gasteiger partial charge >= 0.3 is 6.03 Å². The zero-order valence-corrected chi connectivity index (χ0v) is 20.9. The van der Waals surface area contributed by atoms with Gasteiger partial charge in [-0.15, -0.1) is 0 Å². The van der Waals surface area contributed by atoms with Gasteiger partial charge in [-0.1, -0.05) is 62.2 Å². The molecule has 3 aromatic carbocycles. The Morgan fingerprint density at radius 3 is 2.15 bits per heavy atom. The molecular weight excluding hydrogens is 562 g/mol. The van der Waals surface area contributed by atoms with Crippen molar-refractivity contribution in [1.29, 1.82) is 0 Å². The summed E-state index contributed by atoms with van der Waals surface area (Å²) in [4.78, 5) is 24.3. The van der Waals surface area contributed by atoms with Crippen LogP contribution in [0.3, 0.4) is 0 Å². The highest BCUT2D eigenvalue weighted by Crippen LogP contribution is 2.26. The summed E-state index contributed by atoms with van der Waals surface area (Å²) in [5, 5.41) is 7.35. The van der Waals surface area contributed by atoms with E-state index in [1.54, 1.807) is 35.0 Å². The second-order valence-corrected chi connectivity index (χ2v) is 8.96. The fourth-order valence-corrected chi connectivity index (χ4v) is 3.60. The fraction of sp³-hybridized carbons (Fsp3) is 0. The van der Waals surface area contributed by atoms with Gasteiger partial charge in [0.05, 0.1) is 11.4 Å². The second-order valence-electron chi connectivity index (χ2n) is 7.13. The first-order valence-corrected chi connectivity index (χ1v) is 11.8. The van der Waals surface area contributed by atoms with Crippen LogP contribution in [0, 0.1) is 0 Å². The first-order valence-electron chi connectivity index (χ1n) is 10.2. The summed E-state index contributed by atoms with van der Waals surface area (Å²) in [6.07, 6.45) is 4.85. The number of hydrogen-bond acceptors (Lipinski definition) is 3. The fourth-order valence-electron chi connectivity index (χ4n) is 3.08. The lowest BCUT2D eigenvalue weighted by Gasteiger charge is -2.07. The van der Waals surface area contributed by atoms with E-state index in [1.807, 2.05) is 60.8 Å². The van der Waals surface area contributed by atoms with E-state index in [-0.39, 0.29) is 0 Å². The number of nitrogens with zero attached hydrogens (tertiary/aromatic N) is 2. The Hall–Kier alpha value is -3.69. The van der Waals surface area contributed by atoms with Crippen LogP contribution < -0.4 is 16.2 Å². The van der Waals surface area contributed by atoms with Crippen molar-refractivity contribution in [2.75, 3.05) is 5.32 Å². The predicted molar refractivity (Wildman–Crippen MR) is 140 cm³/mol. The third-order valence-electron chi connectivity index (χ3n) is 4.70. The maximum absolute atomic E-state index is 12.3. The number of nitrogens with one attached hydrogen (secondary N) is 3. The maximum atomic E-state index is 12.3. The van der Waals surface area contributed by atoms with Gasteiger partial charge in [-0.3, -0.25) is 10.2 Å². The lowest BCUT2D eigenvalue weighted by molar-refractivity contribution is -0.117. The molecule has 170 valence electrons. The number of amides is 3. The molecule has 0 saturated carbocycles. The molecule has 0 spiro atoms. The summed E-state index contributed by atoms with van der Waals surface area (Å²) in [6.45, 7) is 0. The second kappa shape index (κ2) is 11.0. The largest absolute Gasteiger partial charge is 0.337 e. The van der Waals surface area contributed by atoms with Gasteiger partial charge in [0.25, 0.3) is 5.91 Å².